The van der Waals surface area contributed by atoms with E-state index in [0.29, 0.717) is 18.1 Å². The number of allylic oxidation sites excluding steroid dienone is 1. The Hall–Kier alpha value is -0.0400. The van der Waals surface area contributed by atoms with E-state index in [0.717, 1.165) is 0 Å². The highest BCUT2D eigenvalue weighted by molar-refractivity contribution is 7.61. The minimum absolute atomic E-state index is 0.0268. The monoisotopic (exact) mass is 522 g/mol. The zero-order valence-corrected chi connectivity index (χ0v) is 23.0. The normalized spacial score (nSPS) is 14.3. The van der Waals surface area contributed by atoms with Crippen LogP contribution in [0.3, 0.4) is 0 Å². The molecule has 0 aromatic carbocycles. The van der Waals surface area contributed by atoms with Crippen molar-refractivity contribution in [1.82, 2.24) is 10.6 Å². The first-order valence-electron chi connectivity index (χ1n) is 10.3. The van der Waals surface area contributed by atoms with Crippen molar-refractivity contribution >= 4 is 38.4 Å². The average molecular weight is 523 g/mol. The Balaban J connectivity index is 4.72. The maximum Gasteiger partial charge on any atom is 0.374 e. The van der Waals surface area contributed by atoms with Crippen molar-refractivity contribution < 1.29 is 27.2 Å². The number of rotatable bonds is 16. The van der Waals surface area contributed by atoms with Crippen LogP contribution in [0.25, 0.3) is 0 Å². The number of halogens is 2. The maximum atomic E-state index is 12.9. The van der Waals surface area contributed by atoms with Gasteiger partial charge in [-0.05, 0) is 55.4 Å². The Morgan fingerprint density at radius 2 is 1.13 bits per heavy atom. The highest BCUT2D eigenvalue weighted by atomic mass is 35.5. The molecule has 0 amide bonds. The molecule has 2 N–H and O–H groups in total. The second-order valence-corrected chi connectivity index (χ2v) is 12.9. The number of hydrogen-bond acceptors (Lipinski definition) is 8. The molecule has 0 aromatic heterocycles. The molecule has 0 saturated carbocycles. The van der Waals surface area contributed by atoms with Crippen molar-refractivity contribution in [1.29, 1.82) is 0 Å². The molecule has 0 spiro atoms. The summed E-state index contributed by atoms with van der Waals surface area (Å²) in [4.78, 5) is 0. The van der Waals surface area contributed by atoms with E-state index in [4.69, 9.17) is 41.3 Å². The zero-order valence-electron chi connectivity index (χ0n) is 19.7. The van der Waals surface area contributed by atoms with Crippen molar-refractivity contribution in [2.24, 2.45) is 0 Å². The van der Waals surface area contributed by atoms with Gasteiger partial charge in [-0.25, -0.2) is 0 Å². The summed E-state index contributed by atoms with van der Waals surface area (Å²) in [7, 11) is -6.94. The predicted octanol–water partition coefficient (Wildman–Crippen LogP) is 6.37. The summed E-state index contributed by atoms with van der Waals surface area (Å²) < 4.78 is 47.4. The Kier molecular flexibility index (Phi) is 15.0. The molecule has 0 fully saturated rings. The Bertz CT molecular complexity index is 656. The van der Waals surface area contributed by atoms with Crippen LogP contribution >= 0.6 is 38.4 Å². The Labute approximate surface area is 197 Å². The van der Waals surface area contributed by atoms with Gasteiger partial charge in [0, 0.05) is 30.5 Å². The number of nitrogens with one attached hydrogen (secondary N) is 2. The summed E-state index contributed by atoms with van der Waals surface area (Å²) in [6.07, 6.45) is 1.80. The molecule has 0 heterocycles. The molecule has 0 aliphatic rings. The molecule has 0 atom stereocenters. The SMILES string of the molecule is CC(C)OP(=O)(C/C(Cl)=C/NCCN/C=C(\Cl)P(=O)(OC(C)C)OC(C)C)OC(C)C. The van der Waals surface area contributed by atoms with Crippen molar-refractivity contribution in [2.45, 2.75) is 79.8 Å². The van der Waals surface area contributed by atoms with E-state index in [2.05, 4.69) is 10.6 Å². The molecular formula is C19H38Cl2N2O6P2. The van der Waals surface area contributed by atoms with Crippen molar-refractivity contribution in [3.05, 3.63) is 22.2 Å². The zero-order chi connectivity index (χ0) is 24.2. The molecule has 0 saturated heterocycles. The van der Waals surface area contributed by atoms with Gasteiger partial charge in [0.25, 0.3) is 0 Å². The van der Waals surface area contributed by atoms with Crippen LogP contribution in [-0.2, 0) is 27.2 Å². The first kappa shape index (κ1) is 31.0. The molecule has 0 rings (SSSR count). The van der Waals surface area contributed by atoms with Gasteiger partial charge in [0.05, 0.1) is 30.6 Å². The molecule has 31 heavy (non-hydrogen) atoms. The third-order valence-corrected chi connectivity index (χ3v) is 8.37. The minimum Gasteiger partial charge on any atom is -0.388 e. The number of hydrogen-bond donors (Lipinski definition) is 2. The van der Waals surface area contributed by atoms with E-state index in [1.54, 1.807) is 61.6 Å². The fraction of sp³-hybridized carbons (Fsp3) is 0.789. The van der Waals surface area contributed by atoms with Crippen LogP contribution in [0.15, 0.2) is 22.2 Å². The van der Waals surface area contributed by atoms with Crippen LogP contribution in [0.5, 0.6) is 0 Å². The third-order valence-electron chi connectivity index (χ3n) is 2.94. The van der Waals surface area contributed by atoms with Crippen molar-refractivity contribution in [3.8, 4) is 0 Å². The van der Waals surface area contributed by atoms with E-state index in [-0.39, 0.29) is 35.4 Å². The molecule has 0 aromatic rings. The standard InChI is InChI=1S/C19H38Cl2N2O6P2/c1-14(2)26-30(24,27-15(3)4)13-18(20)11-22-9-10-23-12-19(21)31(25,28-16(5)6)29-17(7)8/h11-12,14-17,22-23H,9-10,13H2,1-8H3/b18-11-,19-12+. The van der Waals surface area contributed by atoms with Gasteiger partial charge in [-0.2, -0.15) is 0 Å². The lowest BCUT2D eigenvalue weighted by atomic mass is 10.5. The van der Waals surface area contributed by atoms with Crippen molar-refractivity contribution in [3.63, 3.8) is 0 Å². The molecule has 0 bridgehead atoms. The Morgan fingerprint density at radius 1 is 0.742 bits per heavy atom. The second kappa shape index (κ2) is 15.0. The van der Waals surface area contributed by atoms with Crippen LogP contribution in [0.4, 0.5) is 0 Å². The van der Waals surface area contributed by atoms with Gasteiger partial charge in [0.1, 0.15) is 4.77 Å². The van der Waals surface area contributed by atoms with Crippen LogP contribution < -0.4 is 10.6 Å². The van der Waals surface area contributed by atoms with Crippen LogP contribution in [0, 0.1) is 0 Å². The first-order chi connectivity index (χ1) is 14.2. The highest BCUT2D eigenvalue weighted by Gasteiger charge is 2.32. The summed E-state index contributed by atoms with van der Waals surface area (Å²) in [6, 6.07) is 0. The molecule has 8 nitrogen and oxygen atoms in total. The highest BCUT2D eigenvalue weighted by Crippen LogP contribution is 2.59. The molecule has 0 unspecified atom stereocenters. The van der Waals surface area contributed by atoms with Gasteiger partial charge in [-0.3, -0.25) is 9.13 Å². The molecule has 184 valence electrons. The summed E-state index contributed by atoms with van der Waals surface area (Å²) in [6.45, 7) is 15.1. The molecule has 12 heteroatoms. The topological polar surface area (TPSA) is 95.1 Å². The fourth-order valence-electron chi connectivity index (χ4n) is 2.22. The van der Waals surface area contributed by atoms with E-state index in [9.17, 15) is 9.13 Å². The van der Waals surface area contributed by atoms with Crippen molar-refractivity contribution in [2.75, 3.05) is 19.3 Å². The first-order valence-corrected chi connectivity index (χ1v) is 14.3. The van der Waals surface area contributed by atoms with Gasteiger partial charge in [0.15, 0.2) is 0 Å². The van der Waals surface area contributed by atoms with Gasteiger partial charge in [-0.15, -0.1) is 0 Å². The van der Waals surface area contributed by atoms with Crippen LogP contribution in [0.1, 0.15) is 55.4 Å². The van der Waals surface area contributed by atoms with E-state index in [1.807, 2.05) is 0 Å². The fourth-order valence-corrected chi connectivity index (χ4v) is 6.60. The minimum atomic E-state index is -3.59. The molecule has 0 aliphatic carbocycles. The van der Waals surface area contributed by atoms with Gasteiger partial charge >= 0.3 is 15.2 Å². The quantitative estimate of drug-likeness (QED) is 0.178. The van der Waals surface area contributed by atoms with Crippen LogP contribution in [-0.4, -0.2) is 43.7 Å². The van der Waals surface area contributed by atoms with Gasteiger partial charge in [0.2, 0.25) is 0 Å². The van der Waals surface area contributed by atoms with E-state index >= 15 is 0 Å². The summed E-state index contributed by atoms with van der Waals surface area (Å²) in [5, 5.41) is 6.26. The molecule has 0 aliphatic heterocycles. The van der Waals surface area contributed by atoms with E-state index in [1.165, 1.54) is 6.20 Å². The van der Waals surface area contributed by atoms with Gasteiger partial charge in [-0.1, -0.05) is 23.2 Å². The lowest BCUT2D eigenvalue weighted by Crippen LogP contribution is -2.21. The third kappa shape index (κ3) is 14.7. The summed E-state index contributed by atoms with van der Waals surface area (Å²) >= 11 is 12.4. The molecule has 0 radical (unpaired) electrons. The largest absolute Gasteiger partial charge is 0.388 e. The summed E-state index contributed by atoms with van der Waals surface area (Å²) in [5.41, 5.74) is 0. The molecular weight excluding hydrogens is 485 g/mol. The maximum absolute atomic E-state index is 12.9. The van der Waals surface area contributed by atoms with Crippen LogP contribution in [0.2, 0.25) is 0 Å². The Morgan fingerprint density at radius 3 is 1.52 bits per heavy atom. The van der Waals surface area contributed by atoms with E-state index < -0.39 is 15.2 Å². The summed E-state index contributed by atoms with van der Waals surface area (Å²) in [5.74, 6) is 0. The smallest absolute Gasteiger partial charge is 0.374 e. The predicted molar refractivity (Wildman–Crippen MR) is 129 cm³/mol. The lowest BCUT2D eigenvalue weighted by Gasteiger charge is -2.22. The second-order valence-electron chi connectivity index (χ2n) is 7.85. The average Bonchev–Trinajstić information content (AvgIpc) is 2.53. The lowest BCUT2D eigenvalue weighted by molar-refractivity contribution is 0.144. The van der Waals surface area contributed by atoms with Gasteiger partial charge < -0.3 is 28.7 Å².